The van der Waals surface area contributed by atoms with Gasteiger partial charge in [0.05, 0.1) is 16.8 Å². The number of fused-ring (bicyclic) bond motifs is 1. The third kappa shape index (κ3) is 4.18. The predicted molar refractivity (Wildman–Crippen MR) is 135 cm³/mol. The molecule has 1 aliphatic rings. The highest BCUT2D eigenvalue weighted by Gasteiger charge is 2.18. The highest BCUT2D eigenvalue weighted by atomic mass is 32.2. The Bertz CT molecular complexity index is 1400. The van der Waals surface area contributed by atoms with Crippen LogP contribution in [0.25, 0.3) is 33.5 Å². The monoisotopic (exact) mass is 476 g/mol. The fourth-order valence-electron chi connectivity index (χ4n) is 4.18. The van der Waals surface area contributed by atoms with E-state index in [1.54, 1.807) is 30.5 Å². The number of likely N-dealkylation sites (N-methyl/N-ethyl adjacent to an activating group) is 1. The van der Waals surface area contributed by atoms with Crippen LogP contribution in [0.4, 0.5) is 5.69 Å². The molecule has 1 saturated heterocycles. The largest absolute Gasteiger partial charge is 0.369 e. The number of hydrogen-bond acceptors (Lipinski definition) is 6. The van der Waals surface area contributed by atoms with Crippen LogP contribution in [0.15, 0.2) is 65.8 Å². The second kappa shape index (κ2) is 8.83. The van der Waals surface area contributed by atoms with E-state index in [9.17, 15) is 8.42 Å². The molecular formula is C25H28N6O2S. The Morgan fingerprint density at radius 1 is 0.912 bits per heavy atom. The number of aromatic nitrogens is 3. The summed E-state index contributed by atoms with van der Waals surface area (Å²) < 4.78 is 26.0. The molecule has 0 bridgehead atoms. The topological polar surface area (TPSA) is 85.4 Å². The van der Waals surface area contributed by atoms with E-state index in [0.717, 1.165) is 54.1 Å². The number of benzene rings is 2. The molecular weight excluding hydrogens is 448 g/mol. The number of piperazine rings is 1. The van der Waals surface area contributed by atoms with Crippen molar-refractivity contribution in [2.75, 3.05) is 52.2 Å². The molecule has 9 heteroatoms. The molecule has 0 atom stereocenters. The number of hydrogen-bond donors (Lipinski definition) is 1. The standard InChI is InChI=1S/C25H28N6O2S/c1-29(2)34(32,33)21-10-6-18(7-11-21)22-16-26-25-24(22)28-23(17-27-25)19-4-8-20(9-5-19)31-14-12-30(3)13-15-31/h4-11,16-17H,12-15H2,1-3H3,(H,26,27). The molecule has 1 N–H and O–H groups in total. The number of sulfonamides is 1. The van der Waals surface area contributed by atoms with Gasteiger partial charge in [-0.25, -0.2) is 22.7 Å². The second-order valence-electron chi connectivity index (χ2n) is 8.80. The van der Waals surface area contributed by atoms with Gasteiger partial charge in [-0.15, -0.1) is 0 Å². The van der Waals surface area contributed by atoms with Crippen LogP contribution in [0.2, 0.25) is 0 Å². The maximum atomic E-state index is 12.4. The van der Waals surface area contributed by atoms with E-state index in [1.165, 1.54) is 24.1 Å². The summed E-state index contributed by atoms with van der Waals surface area (Å²) in [7, 11) is 1.74. The lowest BCUT2D eigenvalue weighted by Gasteiger charge is -2.34. The van der Waals surface area contributed by atoms with E-state index in [1.807, 2.05) is 6.20 Å². The van der Waals surface area contributed by atoms with Gasteiger partial charge < -0.3 is 14.8 Å². The molecule has 176 valence electrons. The zero-order valence-electron chi connectivity index (χ0n) is 19.6. The van der Waals surface area contributed by atoms with Gasteiger partial charge in [0.2, 0.25) is 10.0 Å². The molecule has 0 radical (unpaired) electrons. The first kappa shape index (κ1) is 22.5. The third-order valence-electron chi connectivity index (χ3n) is 6.36. The Labute approximate surface area is 199 Å². The number of anilines is 1. The van der Waals surface area contributed by atoms with Gasteiger partial charge in [-0.3, -0.25) is 0 Å². The van der Waals surface area contributed by atoms with Gasteiger partial charge in [-0.05, 0) is 36.9 Å². The minimum Gasteiger partial charge on any atom is -0.369 e. The van der Waals surface area contributed by atoms with Crippen molar-refractivity contribution in [2.24, 2.45) is 0 Å². The molecule has 2 aromatic heterocycles. The normalized spacial score (nSPS) is 15.4. The predicted octanol–water partition coefficient (Wildman–Crippen LogP) is 3.29. The molecule has 2 aromatic carbocycles. The summed E-state index contributed by atoms with van der Waals surface area (Å²) in [6.07, 6.45) is 3.64. The lowest BCUT2D eigenvalue weighted by molar-refractivity contribution is 0.313. The van der Waals surface area contributed by atoms with Gasteiger partial charge >= 0.3 is 0 Å². The van der Waals surface area contributed by atoms with Gasteiger partial charge in [-0.2, -0.15) is 0 Å². The lowest BCUT2D eigenvalue weighted by atomic mass is 10.1. The van der Waals surface area contributed by atoms with Crippen molar-refractivity contribution in [3.63, 3.8) is 0 Å². The Morgan fingerprint density at radius 3 is 2.21 bits per heavy atom. The number of rotatable bonds is 5. The summed E-state index contributed by atoms with van der Waals surface area (Å²) in [5.41, 5.74) is 6.23. The zero-order valence-corrected chi connectivity index (χ0v) is 20.4. The fraction of sp³-hybridized carbons (Fsp3) is 0.280. The van der Waals surface area contributed by atoms with Crippen molar-refractivity contribution in [3.8, 4) is 22.4 Å². The molecule has 8 nitrogen and oxygen atoms in total. The fourth-order valence-corrected chi connectivity index (χ4v) is 5.08. The Kier molecular flexibility index (Phi) is 5.85. The molecule has 0 spiro atoms. The molecule has 0 amide bonds. The van der Waals surface area contributed by atoms with Gasteiger partial charge in [-0.1, -0.05) is 24.3 Å². The summed E-state index contributed by atoms with van der Waals surface area (Å²) in [6.45, 7) is 4.20. The van der Waals surface area contributed by atoms with Crippen LogP contribution in [0.1, 0.15) is 0 Å². The molecule has 1 fully saturated rings. The first-order chi connectivity index (χ1) is 16.3. The first-order valence-corrected chi connectivity index (χ1v) is 12.7. The van der Waals surface area contributed by atoms with Crippen LogP contribution < -0.4 is 4.90 Å². The molecule has 0 unspecified atom stereocenters. The molecule has 0 saturated carbocycles. The van der Waals surface area contributed by atoms with Crippen LogP contribution in [0.3, 0.4) is 0 Å². The number of H-pyrrole nitrogens is 1. The molecule has 3 heterocycles. The van der Waals surface area contributed by atoms with Crippen LogP contribution in [0.5, 0.6) is 0 Å². The van der Waals surface area contributed by atoms with Gasteiger partial charge in [0.15, 0.2) is 5.65 Å². The van der Waals surface area contributed by atoms with Crippen LogP contribution in [-0.4, -0.2) is 79.9 Å². The maximum absolute atomic E-state index is 12.4. The summed E-state index contributed by atoms with van der Waals surface area (Å²) >= 11 is 0. The Hall–Kier alpha value is -3.27. The molecule has 34 heavy (non-hydrogen) atoms. The minimum absolute atomic E-state index is 0.258. The van der Waals surface area contributed by atoms with Crippen LogP contribution in [0, 0.1) is 0 Å². The van der Waals surface area contributed by atoms with E-state index < -0.39 is 10.0 Å². The summed E-state index contributed by atoms with van der Waals surface area (Å²) in [4.78, 5) is 17.6. The molecule has 0 aliphatic carbocycles. The second-order valence-corrected chi connectivity index (χ2v) is 11.0. The number of nitrogens with one attached hydrogen (secondary N) is 1. The van der Waals surface area contributed by atoms with E-state index in [0.29, 0.717) is 5.65 Å². The van der Waals surface area contributed by atoms with E-state index in [-0.39, 0.29) is 4.90 Å². The van der Waals surface area contributed by atoms with E-state index in [4.69, 9.17) is 4.98 Å². The smallest absolute Gasteiger partial charge is 0.242 e. The van der Waals surface area contributed by atoms with Crippen molar-refractivity contribution in [1.82, 2.24) is 24.2 Å². The third-order valence-corrected chi connectivity index (χ3v) is 8.19. The Balaban J connectivity index is 1.43. The number of aromatic amines is 1. The van der Waals surface area contributed by atoms with Crippen molar-refractivity contribution >= 4 is 26.9 Å². The minimum atomic E-state index is -3.47. The summed E-state index contributed by atoms with van der Waals surface area (Å²) in [6, 6.07) is 15.3. The van der Waals surface area contributed by atoms with Crippen molar-refractivity contribution in [3.05, 3.63) is 60.9 Å². The highest BCUT2D eigenvalue weighted by molar-refractivity contribution is 7.89. The average molecular weight is 477 g/mol. The molecule has 1 aliphatic heterocycles. The zero-order chi connectivity index (χ0) is 23.9. The number of nitrogens with zero attached hydrogens (tertiary/aromatic N) is 5. The SMILES string of the molecule is CN1CCN(c2ccc(-c3cnc4[nH]cc(-c5ccc(S(=O)(=O)N(C)C)cc5)c4n3)cc2)CC1. The molecule has 5 rings (SSSR count). The van der Waals surface area contributed by atoms with Crippen molar-refractivity contribution in [2.45, 2.75) is 4.90 Å². The Morgan fingerprint density at radius 2 is 1.56 bits per heavy atom. The van der Waals surface area contributed by atoms with E-state index >= 15 is 0 Å². The van der Waals surface area contributed by atoms with Crippen molar-refractivity contribution in [1.29, 1.82) is 0 Å². The summed E-state index contributed by atoms with van der Waals surface area (Å²) in [5, 5.41) is 0. The van der Waals surface area contributed by atoms with Crippen LogP contribution in [-0.2, 0) is 10.0 Å². The van der Waals surface area contributed by atoms with Gasteiger partial charge in [0.1, 0.15) is 5.52 Å². The molecule has 4 aromatic rings. The quantitative estimate of drug-likeness (QED) is 0.476. The summed E-state index contributed by atoms with van der Waals surface area (Å²) in [5.74, 6) is 0. The average Bonchev–Trinajstić information content (AvgIpc) is 3.28. The van der Waals surface area contributed by atoms with Crippen molar-refractivity contribution < 1.29 is 8.42 Å². The maximum Gasteiger partial charge on any atom is 0.242 e. The van der Waals surface area contributed by atoms with Crippen LogP contribution >= 0.6 is 0 Å². The lowest BCUT2D eigenvalue weighted by Crippen LogP contribution is -2.44. The van der Waals surface area contributed by atoms with Gasteiger partial charge in [0, 0.05) is 63.3 Å². The van der Waals surface area contributed by atoms with Gasteiger partial charge in [0.25, 0.3) is 0 Å². The highest BCUT2D eigenvalue weighted by Crippen LogP contribution is 2.30. The first-order valence-electron chi connectivity index (χ1n) is 11.2. The van der Waals surface area contributed by atoms with E-state index in [2.05, 4.69) is 51.1 Å².